The molecule has 9 rings (SSSR count). The van der Waals surface area contributed by atoms with Gasteiger partial charge in [0.25, 0.3) is 0 Å². The molecule has 0 N–H and O–H groups in total. The molecule has 0 amide bonds. The fourth-order valence-corrected chi connectivity index (χ4v) is 16.5. The van der Waals surface area contributed by atoms with Gasteiger partial charge in [0, 0.05) is 36.8 Å². The van der Waals surface area contributed by atoms with E-state index in [4.69, 9.17) is 48.1 Å². The van der Waals surface area contributed by atoms with Crippen LogP contribution in [0.4, 0.5) is 0 Å². The highest BCUT2D eigenvalue weighted by Crippen LogP contribution is 2.38. The highest BCUT2D eigenvalue weighted by Gasteiger charge is 2.24. The SMILES string of the molecule is Clc1ccc(P(c2ccc(Cl)cc2)c2ccc(Cl)cc2)cc1.c1coc(P(c2ccco2)c2ccco2)c1.c1csc(P(c2cccs2)c2cccs2)c1. The normalized spacial score (nSPS) is 11.0. The molecule has 0 fully saturated rings. The summed E-state index contributed by atoms with van der Waals surface area (Å²) in [6.07, 6.45) is 4.99. The third-order valence-electron chi connectivity index (χ3n) is 7.61. The van der Waals surface area contributed by atoms with E-state index in [1.54, 1.807) is 18.8 Å². The molecule has 3 nitrogen and oxygen atoms in total. The molecule has 0 saturated heterocycles. The van der Waals surface area contributed by atoms with Crippen molar-refractivity contribution in [3.63, 3.8) is 0 Å². The van der Waals surface area contributed by atoms with Crippen LogP contribution in [-0.4, -0.2) is 0 Å². The number of furan rings is 3. The minimum atomic E-state index is -0.835. The first-order valence-corrected chi connectivity index (χ1v) is 24.2. The first-order valence-electron chi connectivity index (χ1n) is 16.4. The maximum atomic E-state index is 6.02. The summed E-state index contributed by atoms with van der Waals surface area (Å²) in [5.74, 6) is 0. The van der Waals surface area contributed by atoms with E-state index in [1.165, 1.54) is 29.8 Å². The molecular formula is C42H30Cl3O3P3S3. The molecule has 0 saturated carbocycles. The van der Waals surface area contributed by atoms with Gasteiger partial charge in [-0.15, -0.1) is 34.0 Å². The largest absolute Gasteiger partial charge is 0.464 e. The second-order valence-electron chi connectivity index (χ2n) is 11.1. The molecule has 6 heterocycles. The van der Waals surface area contributed by atoms with E-state index in [0.29, 0.717) is 0 Å². The number of thiophene rings is 3. The van der Waals surface area contributed by atoms with Crippen molar-refractivity contribution in [1.82, 2.24) is 0 Å². The molecule has 0 aliphatic heterocycles. The zero-order valence-corrected chi connectivity index (χ0v) is 35.6. The molecule has 0 aliphatic carbocycles. The van der Waals surface area contributed by atoms with E-state index in [9.17, 15) is 0 Å². The number of hydrogen-bond donors (Lipinski definition) is 0. The topological polar surface area (TPSA) is 39.4 Å². The van der Waals surface area contributed by atoms with Gasteiger partial charge in [-0.25, -0.2) is 0 Å². The summed E-state index contributed by atoms with van der Waals surface area (Å²) in [6.45, 7) is 0. The Balaban J connectivity index is 0.000000127. The van der Waals surface area contributed by atoms with Gasteiger partial charge in [-0.2, -0.15) is 0 Å². The average molecular weight is 878 g/mol. The van der Waals surface area contributed by atoms with Gasteiger partial charge in [-0.3, -0.25) is 0 Å². The van der Waals surface area contributed by atoms with Crippen molar-refractivity contribution in [2.45, 2.75) is 0 Å². The quantitative estimate of drug-likeness (QED) is 0.136. The maximum Gasteiger partial charge on any atom is 0.140 e. The Kier molecular flexibility index (Phi) is 14.1. The summed E-state index contributed by atoms with van der Waals surface area (Å²) in [4.78, 5) is 0. The summed E-state index contributed by atoms with van der Waals surface area (Å²) in [6, 6.07) is 48.7. The van der Waals surface area contributed by atoms with E-state index in [0.717, 1.165) is 31.6 Å². The molecule has 3 aromatic carbocycles. The van der Waals surface area contributed by atoms with Crippen molar-refractivity contribution < 1.29 is 13.3 Å². The second-order valence-corrected chi connectivity index (χ2v) is 22.5. The van der Waals surface area contributed by atoms with E-state index in [-0.39, 0.29) is 7.92 Å². The molecule has 54 heavy (non-hydrogen) atoms. The Labute approximate surface area is 345 Å². The Morgan fingerprint density at radius 1 is 0.333 bits per heavy atom. The summed E-state index contributed by atoms with van der Waals surface area (Å²) in [5, 5.41) is 12.5. The highest BCUT2D eigenvalue weighted by molar-refractivity contribution is 7.90. The highest BCUT2D eigenvalue weighted by atomic mass is 35.5. The van der Waals surface area contributed by atoms with Crippen LogP contribution in [0.15, 0.2) is 194 Å². The zero-order valence-electron chi connectivity index (χ0n) is 28.2. The van der Waals surface area contributed by atoms with Gasteiger partial charge < -0.3 is 13.3 Å². The molecule has 12 heteroatoms. The van der Waals surface area contributed by atoms with Gasteiger partial charge in [0.15, 0.2) is 0 Å². The van der Waals surface area contributed by atoms with Gasteiger partial charge in [0.2, 0.25) is 0 Å². The number of halogens is 3. The van der Waals surface area contributed by atoms with Crippen molar-refractivity contribution in [2.24, 2.45) is 0 Å². The van der Waals surface area contributed by atoms with E-state index in [2.05, 4.69) is 88.9 Å². The number of hydrogen-bond acceptors (Lipinski definition) is 6. The standard InChI is InChI=1S/C18H12Cl3P.C12H9O3P.C12H9PS3/c19-13-1-7-16(8-2-13)22(17-9-3-14(20)4-10-17)18-11-5-15(21)6-12-18;1-4-10(13-7-1)16(11-5-2-8-14-11)12-6-3-9-15-12;1-4-10(14-7-1)13(11-5-2-8-15-11)12-6-3-9-16-12/h1-12H;2*1-9H. The Bertz CT molecular complexity index is 1970. The minimum Gasteiger partial charge on any atom is -0.464 e. The fraction of sp³-hybridized carbons (Fsp3) is 0. The summed E-state index contributed by atoms with van der Waals surface area (Å²) in [5.41, 5.74) is 2.62. The van der Waals surface area contributed by atoms with Crippen LogP contribution in [0.2, 0.25) is 15.1 Å². The Hall–Kier alpha value is -3.24. The third-order valence-corrected chi connectivity index (χ3v) is 19.3. The second kappa shape index (κ2) is 19.6. The van der Waals surface area contributed by atoms with Crippen LogP contribution < -0.4 is 46.3 Å². The van der Waals surface area contributed by atoms with Crippen molar-refractivity contribution in [2.75, 3.05) is 0 Å². The molecule has 0 atom stereocenters. The molecular weight excluding hydrogens is 848 g/mol. The predicted molar refractivity (Wildman–Crippen MR) is 241 cm³/mol. The van der Waals surface area contributed by atoms with E-state index in [1.807, 2.05) is 107 Å². The van der Waals surface area contributed by atoms with Crippen LogP contribution in [0, 0.1) is 0 Å². The monoisotopic (exact) mass is 876 g/mol. The fourth-order valence-electron chi connectivity index (χ4n) is 5.25. The molecule has 0 spiro atoms. The minimum absolute atomic E-state index is 0.279. The maximum absolute atomic E-state index is 6.02. The van der Waals surface area contributed by atoms with Crippen LogP contribution in [0.3, 0.4) is 0 Å². The molecule has 9 aromatic rings. The number of rotatable bonds is 9. The lowest BCUT2D eigenvalue weighted by atomic mass is 10.3. The molecule has 0 bridgehead atoms. The first kappa shape index (κ1) is 39.0. The summed E-state index contributed by atoms with van der Waals surface area (Å²) < 4.78 is 20.9. The lowest BCUT2D eigenvalue weighted by Gasteiger charge is -2.19. The van der Waals surface area contributed by atoms with Crippen LogP contribution in [0.5, 0.6) is 0 Å². The van der Waals surface area contributed by atoms with Crippen LogP contribution in [0.1, 0.15) is 0 Å². The van der Waals surface area contributed by atoms with Gasteiger partial charge in [0.05, 0.1) is 18.8 Å². The molecule has 0 aliphatic rings. The van der Waals surface area contributed by atoms with Gasteiger partial charge in [-0.1, -0.05) is 89.4 Å². The molecule has 6 aromatic heterocycles. The van der Waals surface area contributed by atoms with Crippen molar-refractivity contribution in [3.05, 3.63) is 196 Å². The predicted octanol–water partition coefficient (Wildman–Crippen LogP) is 11.3. The lowest BCUT2D eigenvalue weighted by Crippen LogP contribution is -2.20. The van der Waals surface area contributed by atoms with E-state index >= 15 is 0 Å². The van der Waals surface area contributed by atoms with Crippen molar-refractivity contribution in [1.29, 1.82) is 0 Å². The average Bonchev–Trinajstić information content (AvgIpc) is 4.05. The van der Waals surface area contributed by atoms with Crippen LogP contribution in [0.25, 0.3) is 0 Å². The Morgan fingerprint density at radius 3 is 0.889 bits per heavy atom. The van der Waals surface area contributed by atoms with Gasteiger partial charge >= 0.3 is 0 Å². The van der Waals surface area contributed by atoms with Gasteiger partial charge in [-0.05, 0) is 131 Å². The molecule has 0 unspecified atom stereocenters. The summed E-state index contributed by atoms with van der Waals surface area (Å²) in [7, 11) is -1.77. The Morgan fingerprint density at radius 2 is 0.648 bits per heavy atom. The number of benzene rings is 3. The van der Waals surface area contributed by atoms with Crippen LogP contribution >= 0.6 is 92.6 Å². The molecule has 0 radical (unpaired) electrons. The molecule has 270 valence electrons. The smallest absolute Gasteiger partial charge is 0.140 e. The first-order chi connectivity index (χ1) is 26.5. The van der Waals surface area contributed by atoms with Gasteiger partial charge in [0.1, 0.15) is 24.4 Å². The lowest BCUT2D eigenvalue weighted by molar-refractivity contribution is 0.584. The van der Waals surface area contributed by atoms with Crippen LogP contribution in [-0.2, 0) is 0 Å². The van der Waals surface area contributed by atoms with Crippen molar-refractivity contribution in [3.8, 4) is 0 Å². The third kappa shape index (κ3) is 10.1. The zero-order chi connectivity index (χ0) is 37.1. The van der Waals surface area contributed by atoms with Crippen molar-refractivity contribution >= 4 is 139 Å². The van der Waals surface area contributed by atoms with E-state index < -0.39 is 15.8 Å². The summed E-state index contributed by atoms with van der Waals surface area (Å²) >= 11 is 23.7.